The van der Waals surface area contributed by atoms with Crippen molar-refractivity contribution in [1.29, 1.82) is 0 Å². The number of aryl methyl sites for hydroxylation is 2. The number of nitrogens with zero attached hydrogens (tertiary/aromatic N) is 1. The molecule has 3 amide bonds. The van der Waals surface area contributed by atoms with E-state index in [2.05, 4.69) is 15.6 Å². The zero-order chi connectivity index (χ0) is 18.7. The summed E-state index contributed by atoms with van der Waals surface area (Å²) in [6.07, 6.45) is 5.70. The van der Waals surface area contributed by atoms with Crippen LogP contribution in [0.5, 0.6) is 0 Å². The minimum absolute atomic E-state index is 0.136. The predicted molar refractivity (Wildman–Crippen MR) is 98.7 cm³/mol. The fourth-order valence-corrected chi connectivity index (χ4v) is 6.36. The van der Waals surface area contributed by atoms with Crippen molar-refractivity contribution in [3.63, 3.8) is 0 Å². The second kappa shape index (κ2) is 5.62. The van der Waals surface area contributed by atoms with E-state index in [1.807, 2.05) is 20.8 Å². The third-order valence-corrected chi connectivity index (χ3v) is 7.35. The number of thiazole rings is 1. The lowest BCUT2D eigenvalue weighted by molar-refractivity contribution is -0.163. The minimum Gasteiger partial charge on any atom is -0.301 e. The first-order chi connectivity index (χ1) is 12.1. The molecular formula is C19H25N3O3S. The van der Waals surface area contributed by atoms with Gasteiger partial charge < -0.3 is 5.32 Å². The van der Waals surface area contributed by atoms with Gasteiger partial charge in [-0.05, 0) is 44.9 Å². The second-order valence-electron chi connectivity index (χ2n) is 9.05. The Bertz CT molecular complexity index is 765. The molecule has 0 spiro atoms. The van der Waals surface area contributed by atoms with Crippen molar-refractivity contribution in [2.75, 3.05) is 5.32 Å². The number of fused-ring (bicyclic) bond motifs is 3. The van der Waals surface area contributed by atoms with E-state index in [0.717, 1.165) is 25.0 Å². The first-order valence-electron chi connectivity index (χ1n) is 9.30. The molecule has 140 valence electrons. The summed E-state index contributed by atoms with van der Waals surface area (Å²) in [6.45, 7) is 5.59. The van der Waals surface area contributed by atoms with Gasteiger partial charge in [-0.25, -0.2) is 4.98 Å². The maximum Gasteiger partial charge on any atom is 0.232 e. The van der Waals surface area contributed by atoms with Crippen molar-refractivity contribution in [2.24, 2.45) is 16.2 Å². The standard InChI is InChI=1S/C19H25N3O3S/c1-17-8-18(2,14(24)21-13(17)23)10-19(3,9-17)15(25)22-16-20-11-6-4-5-7-12(11)26-16/h4-10H2,1-3H3,(H,20,22,25)(H,21,23,24). The van der Waals surface area contributed by atoms with Crippen LogP contribution in [0.2, 0.25) is 0 Å². The monoisotopic (exact) mass is 375 g/mol. The van der Waals surface area contributed by atoms with E-state index in [0.29, 0.717) is 24.4 Å². The van der Waals surface area contributed by atoms with Crippen molar-refractivity contribution in [1.82, 2.24) is 10.3 Å². The molecule has 2 unspecified atom stereocenters. The Kier molecular flexibility index (Phi) is 3.81. The molecule has 2 heterocycles. The van der Waals surface area contributed by atoms with Crippen molar-refractivity contribution < 1.29 is 14.4 Å². The Morgan fingerprint density at radius 2 is 1.65 bits per heavy atom. The van der Waals surface area contributed by atoms with Crippen LogP contribution >= 0.6 is 11.3 Å². The SMILES string of the molecule is CC12CC(C)(CC(C)(C(=O)Nc3nc4c(s3)CCCC4)C1)C(=O)NC2=O. The van der Waals surface area contributed by atoms with Crippen LogP contribution in [0.3, 0.4) is 0 Å². The Morgan fingerprint density at radius 1 is 1.04 bits per heavy atom. The largest absolute Gasteiger partial charge is 0.301 e. The van der Waals surface area contributed by atoms with E-state index in [4.69, 9.17) is 0 Å². The van der Waals surface area contributed by atoms with Gasteiger partial charge in [-0.15, -0.1) is 11.3 Å². The lowest BCUT2D eigenvalue weighted by Crippen LogP contribution is -2.63. The molecule has 4 rings (SSSR count). The van der Waals surface area contributed by atoms with Crippen LogP contribution in [-0.2, 0) is 27.2 Å². The number of piperidine rings is 1. The van der Waals surface area contributed by atoms with Gasteiger partial charge in [0, 0.05) is 21.1 Å². The topological polar surface area (TPSA) is 88.2 Å². The van der Waals surface area contributed by atoms with Gasteiger partial charge in [0.1, 0.15) is 0 Å². The van der Waals surface area contributed by atoms with Crippen LogP contribution in [0.1, 0.15) is 63.4 Å². The van der Waals surface area contributed by atoms with Crippen LogP contribution in [0.4, 0.5) is 5.13 Å². The number of carbonyl (C=O) groups excluding carboxylic acids is 3. The molecule has 2 N–H and O–H groups in total. The van der Waals surface area contributed by atoms with Gasteiger partial charge in [0.2, 0.25) is 17.7 Å². The average molecular weight is 375 g/mol. The van der Waals surface area contributed by atoms with Gasteiger partial charge in [-0.3, -0.25) is 19.7 Å². The first kappa shape index (κ1) is 17.6. The molecule has 2 aliphatic carbocycles. The van der Waals surface area contributed by atoms with Gasteiger partial charge in [0.25, 0.3) is 0 Å². The van der Waals surface area contributed by atoms with E-state index in [1.165, 1.54) is 11.3 Å². The molecular weight excluding hydrogens is 350 g/mol. The molecule has 0 radical (unpaired) electrons. The minimum atomic E-state index is -0.776. The lowest BCUT2D eigenvalue weighted by atomic mass is 9.52. The number of anilines is 1. The Balaban J connectivity index is 1.59. The summed E-state index contributed by atoms with van der Waals surface area (Å²) in [5.74, 6) is -0.657. The van der Waals surface area contributed by atoms with E-state index < -0.39 is 16.2 Å². The van der Waals surface area contributed by atoms with E-state index >= 15 is 0 Å². The van der Waals surface area contributed by atoms with Crippen LogP contribution in [0.25, 0.3) is 0 Å². The van der Waals surface area contributed by atoms with Gasteiger partial charge in [-0.1, -0.05) is 20.8 Å². The molecule has 3 aliphatic rings. The first-order valence-corrected chi connectivity index (χ1v) is 10.1. The van der Waals surface area contributed by atoms with Crippen molar-refractivity contribution >= 4 is 34.2 Å². The normalized spacial score (nSPS) is 36.3. The molecule has 2 fully saturated rings. The summed E-state index contributed by atoms with van der Waals surface area (Å²) in [7, 11) is 0. The number of amides is 3. The zero-order valence-electron chi connectivity index (χ0n) is 15.5. The number of rotatable bonds is 2. The summed E-state index contributed by atoms with van der Waals surface area (Å²) in [5.41, 5.74) is -1.07. The van der Waals surface area contributed by atoms with Crippen LogP contribution in [0, 0.1) is 16.2 Å². The molecule has 2 atom stereocenters. The van der Waals surface area contributed by atoms with Gasteiger partial charge in [-0.2, -0.15) is 0 Å². The molecule has 1 saturated heterocycles. The highest BCUT2D eigenvalue weighted by atomic mass is 32.1. The molecule has 1 aliphatic heterocycles. The molecule has 6 nitrogen and oxygen atoms in total. The van der Waals surface area contributed by atoms with E-state index in [-0.39, 0.29) is 17.7 Å². The summed E-state index contributed by atoms with van der Waals surface area (Å²) in [4.78, 5) is 43.8. The second-order valence-corrected chi connectivity index (χ2v) is 10.1. The van der Waals surface area contributed by atoms with Crippen LogP contribution < -0.4 is 10.6 Å². The number of hydrogen-bond donors (Lipinski definition) is 2. The Hall–Kier alpha value is -1.76. The Morgan fingerprint density at radius 3 is 2.27 bits per heavy atom. The lowest BCUT2D eigenvalue weighted by Gasteiger charge is -2.53. The molecule has 0 aromatic carbocycles. The summed E-state index contributed by atoms with van der Waals surface area (Å²) < 4.78 is 0. The highest BCUT2D eigenvalue weighted by Gasteiger charge is 2.60. The third-order valence-electron chi connectivity index (χ3n) is 6.28. The van der Waals surface area contributed by atoms with Crippen LogP contribution in [0.15, 0.2) is 0 Å². The number of carbonyl (C=O) groups is 3. The average Bonchev–Trinajstić information content (AvgIpc) is 2.94. The summed E-state index contributed by atoms with van der Waals surface area (Å²) in [5, 5.41) is 6.13. The number of hydrogen-bond acceptors (Lipinski definition) is 5. The van der Waals surface area contributed by atoms with E-state index in [1.54, 1.807) is 11.3 Å². The van der Waals surface area contributed by atoms with Crippen molar-refractivity contribution in [2.45, 2.75) is 65.7 Å². The van der Waals surface area contributed by atoms with Crippen LogP contribution in [-0.4, -0.2) is 22.7 Å². The summed E-state index contributed by atoms with van der Waals surface area (Å²) >= 11 is 1.56. The maximum atomic E-state index is 13.1. The molecule has 26 heavy (non-hydrogen) atoms. The summed E-state index contributed by atoms with van der Waals surface area (Å²) in [6, 6.07) is 0. The smallest absolute Gasteiger partial charge is 0.232 e. The van der Waals surface area contributed by atoms with Crippen molar-refractivity contribution in [3.05, 3.63) is 10.6 Å². The molecule has 1 aromatic rings. The van der Waals surface area contributed by atoms with Gasteiger partial charge in [0.05, 0.1) is 5.69 Å². The number of aromatic nitrogens is 1. The van der Waals surface area contributed by atoms with Gasteiger partial charge in [0.15, 0.2) is 5.13 Å². The molecule has 1 saturated carbocycles. The van der Waals surface area contributed by atoms with Gasteiger partial charge >= 0.3 is 0 Å². The highest BCUT2D eigenvalue weighted by molar-refractivity contribution is 7.15. The zero-order valence-corrected chi connectivity index (χ0v) is 16.3. The van der Waals surface area contributed by atoms with Crippen molar-refractivity contribution in [3.8, 4) is 0 Å². The molecule has 1 aromatic heterocycles. The van der Waals surface area contributed by atoms with E-state index in [9.17, 15) is 14.4 Å². The fraction of sp³-hybridized carbons (Fsp3) is 0.684. The number of imide groups is 1. The molecule has 2 bridgehead atoms. The quantitative estimate of drug-likeness (QED) is 0.778. The third kappa shape index (κ3) is 2.68. The Labute approximate surface area is 157 Å². The molecule has 7 heteroatoms. The fourth-order valence-electron chi connectivity index (χ4n) is 5.31. The number of nitrogens with one attached hydrogen (secondary N) is 2. The predicted octanol–water partition coefficient (Wildman–Crippen LogP) is 2.82. The highest BCUT2D eigenvalue weighted by Crippen LogP contribution is 2.56. The maximum absolute atomic E-state index is 13.1.